The number of aromatic carboxylic acids is 1. The van der Waals surface area contributed by atoms with Crippen LogP contribution in [0, 0.1) is 0 Å². The molecule has 1 unspecified atom stereocenters. The summed E-state index contributed by atoms with van der Waals surface area (Å²) in [4.78, 5) is 13.1. The van der Waals surface area contributed by atoms with Gasteiger partial charge in [-0.15, -0.1) is 0 Å². The lowest BCUT2D eigenvalue weighted by atomic mass is 9.97. The van der Waals surface area contributed by atoms with E-state index in [1.54, 1.807) is 6.07 Å². The summed E-state index contributed by atoms with van der Waals surface area (Å²) in [5.41, 5.74) is 2.74. The number of anilines is 1. The van der Waals surface area contributed by atoms with Crippen LogP contribution in [-0.4, -0.2) is 24.7 Å². The van der Waals surface area contributed by atoms with Crippen LogP contribution in [0.1, 0.15) is 35.2 Å². The molecule has 2 rings (SSSR count). The van der Waals surface area contributed by atoms with Crippen molar-refractivity contribution in [2.45, 2.75) is 19.3 Å². The summed E-state index contributed by atoms with van der Waals surface area (Å²) in [5.74, 6) is -0.369. The van der Waals surface area contributed by atoms with Crippen molar-refractivity contribution in [1.29, 1.82) is 0 Å². The molecule has 0 saturated carbocycles. The molecule has 0 fully saturated rings. The Labute approximate surface area is 89.3 Å². The Hall–Kier alpha value is -1.51. The molecule has 0 amide bonds. The highest BCUT2D eigenvalue weighted by Crippen LogP contribution is 2.37. The SMILES string of the molecule is CCC1CN(C)c2ccc(C(=O)O)cc21. The molecule has 0 spiro atoms. The molecule has 0 aromatic heterocycles. The Morgan fingerprint density at radius 3 is 2.93 bits per heavy atom. The van der Waals surface area contributed by atoms with Crippen molar-refractivity contribution in [1.82, 2.24) is 0 Å². The third-order valence-corrected chi connectivity index (χ3v) is 3.11. The zero-order valence-corrected chi connectivity index (χ0v) is 9.03. The molecule has 1 aromatic rings. The lowest BCUT2D eigenvalue weighted by Gasteiger charge is -2.11. The molecule has 0 bridgehead atoms. The molecule has 3 heteroatoms. The van der Waals surface area contributed by atoms with Crippen LogP contribution in [0.25, 0.3) is 0 Å². The quantitative estimate of drug-likeness (QED) is 0.805. The Morgan fingerprint density at radius 1 is 1.60 bits per heavy atom. The van der Waals surface area contributed by atoms with Gasteiger partial charge in [-0.1, -0.05) is 6.92 Å². The second-order valence-electron chi connectivity index (χ2n) is 4.06. The largest absolute Gasteiger partial charge is 0.478 e. The van der Waals surface area contributed by atoms with Gasteiger partial charge in [0, 0.05) is 25.2 Å². The van der Waals surface area contributed by atoms with Gasteiger partial charge in [0.1, 0.15) is 0 Å². The Bertz CT molecular complexity index is 401. The molecule has 1 aliphatic heterocycles. The van der Waals surface area contributed by atoms with Crippen LogP contribution in [0.15, 0.2) is 18.2 Å². The number of likely N-dealkylation sites (N-methyl/N-ethyl adjacent to an activating group) is 1. The van der Waals surface area contributed by atoms with Crippen molar-refractivity contribution >= 4 is 11.7 Å². The average Bonchev–Trinajstić information content (AvgIpc) is 2.55. The van der Waals surface area contributed by atoms with Gasteiger partial charge >= 0.3 is 5.97 Å². The molecule has 1 aromatic carbocycles. The van der Waals surface area contributed by atoms with E-state index in [9.17, 15) is 4.79 Å². The number of carboxylic acids is 1. The maximum Gasteiger partial charge on any atom is 0.335 e. The topological polar surface area (TPSA) is 40.5 Å². The van der Waals surface area contributed by atoms with Crippen molar-refractivity contribution in [2.24, 2.45) is 0 Å². The zero-order valence-electron chi connectivity index (χ0n) is 9.03. The Kier molecular flexibility index (Phi) is 2.39. The number of benzene rings is 1. The van der Waals surface area contributed by atoms with E-state index in [4.69, 9.17) is 5.11 Å². The third kappa shape index (κ3) is 1.58. The van der Waals surface area contributed by atoms with Crippen LogP contribution in [0.3, 0.4) is 0 Å². The van der Waals surface area contributed by atoms with Crippen molar-refractivity contribution in [3.8, 4) is 0 Å². The highest BCUT2D eigenvalue weighted by Gasteiger charge is 2.25. The van der Waals surface area contributed by atoms with Gasteiger partial charge in [0.05, 0.1) is 5.56 Å². The van der Waals surface area contributed by atoms with Crippen molar-refractivity contribution in [3.63, 3.8) is 0 Å². The molecule has 0 aliphatic carbocycles. The zero-order chi connectivity index (χ0) is 11.0. The molecule has 15 heavy (non-hydrogen) atoms. The first-order valence-electron chi connectivity index (χ1n) is 5.22. The minimum atomic E-state index is -0.845. The maximum absolute atomic E-state index is 10.9. The van der Waals surface area contributed by atoms with E-state index in [1.807, 2.05) is 12.1 Å². The van der Waals surface area contributed by atoms with Gasteiger partial charge in [-0.25, -0.2) is 4.79 Å². The molecular weight excluding hydrogens is 190 g/mol. The second-order valence-corrected chi connectivity index (χ2v) is 4.06. The summed E-state index contributed by atoms with van der Waals surface area (Å²) < 4.78 is 0. The first kappa shape index (κ1) is 10.0. The lowest BCUT2D eigenvalue weighted by molar-refractivity contribution is 0.0697. The number of nitrogens with zero attached hydrogens (tertiary/aromatic N) is 1. The van der Waals surface area contributed by atoms with Crippen LogP contribution in [0.2, 0.25) is 0 Å². The van der Waals surface area contributed by atoms with Crippen molar-refractivity contribution in [3.05, 3.63) is 29.3 Å². The number of fused-ring (bicyclic) bond motifs is 1. The number of carboxylic acid groups (broad SMARTS) is 1. The Morgan fingerprint density at radius 2 is 2.33 bits per heavy atom. The van der Waals surface area contributed by atoms with E-state index in [2.05, 4.69) is 18.9 Å². The highest BCUT2D eigenvalue weighted by molar-refractivity contribution is 5.89. The van der Waals surface area contributed by atoms with Gasteiger partial charge in [0.2, 0.25) is 0 Å². The molecule has 0 saturated heterocycles. The molecule has 80 valence electrons. The van der Waals surface area contributed by atoms with Gasteiger partial charge in [-0.3, -0.25) is 0 Å². The van der Waals surface area contributed by atoms with Crippen LogP contribution in [0.5, 0.6) is 0 Å². The minimum absolute atomic E-state index is 0.391. The van der Waals surface area contributed by atoms with Crippen LogP contribution in [0.4, 0.5) is 5.69 Å². The predicted molar refractivity (Wildman–Crippen MR) is 59.7 cm³/mol. The monoisotopic (exact) mass is 205 g/mol. The molecule has 0 radical (unpaired) electrons. The predicted octanol–water partition coefficient (Wildman–Crippen LogP) is 2.33. The first-order valence-corrected chi connectivity index (χ1v) is 5.22. The summed E-state index contributed by atoms with van der Waals surface area (Å²) in [6, 6.07) is 5.40. The number of carbonyl (C=O) groups is 1. The lowest BCUT2D eigenvalue weighted by Crippen LogP contribution is -2.14. The fraction of sp³-hybridized carbons (Fsp3) is 0.417. The maximum atomic E-state index is 10.9. The van der Waals surface area contributed by atoms with Gasteiger partial charge < -0.3 is 10.0 Å². The normalized spacial score (nSPS) is 19.1. The van der Waals surface area contributed by atoms with E-state index >= 15 is 0 Å². The molecule has 1 N–H and O–H groups in total. The summed E-state index contributed by atoms with van der Waals surface area (Å²) in [6.07, 6.45) is 1.06. The molecule has 3 nitrogen and oxygen atoms in total. The van der Waals surface area contributed by atoms with E-state index in [-0.39, 0.29) is 0 Å². The number of rotatable bonds is 2. The fourth-order valence-corrected chi connectivity index (χ4v) is 2.24. The third-order valence-electron chi connectivity index (χ3n) is 3.11. The molecular formula is C12H15NO2. The van der Waals surface area contributed by atoms with E-state index in [0.717, 1.165) is 13.0 Å². The van der Waals surface area contributed by atoms with Crippen LogP contribution < -0.4 is 4.90 Å². The van der Waals surface area contributed by atoms with Gasteiger partial charge in [0.25, 0.3) is 0 Å². The fourth-order valence-electron chi connectivity index (χ4n) is 2.24. The molecule has 1 atom stereocenters. The van der Waals surface area contributed by atoms with E-state index < -0.39 is 5.97 Å². The number of hydrogen-bond donors (Lipinski definition) is 1. The minimum Gasteiger partial charge on any atom is -0.478 e. The Balaban J connectivity index is 2.47. The van der Waals surface area contributed by atoms with E-state index in [1.165, 1.54) is 11.3 Å². The summed E-state index contributed by atoms with van der Waals surface area (Å²) in [5, 5.41) is 8.93. The van der Waals surface area contributed by atoms with Gasteiger partial charge in [0.15, 0.2) is 0 Å². The van der Waals surface area contributed by atoms with Crippen LogP contribution in [-0.2, 0) is 0 Å². The molecule has 1 aliphatic rings. The van der Waals surface area contributed by atoms with Crippen molar-refractivity contribution < 1.29 is 9.90 Å². The highest BCUT2D eigenvalue weighted by atomic mass is 16.4. The number of hydrogen-bond acceptors (Lipinski definition) is 2. The summed E-state index contributed by atoms with van der Waals surface area (Å²) >= 11 is 0. The first-order chi connectivity index (χ1) is 7.13. The average molecular weight is 205 g/mol. The van der Waals surface area contributed by atoms with Gasteiger partial charge in [-0.05, 0) is 30.2 Å². The van der Waals surface area contributed by atoms with E-state index in [0.29, 0.717) is 11.5 Å². The van der Waals surface area contributed by atoms with Crippen molar-refractivity contribution in [2.75, 3.05) is 18.5 Å². The van der Waals surface area contributed by atoms with Crippen LogP contribution >= 0.6 is 0 Å². The standard InChI is InChI=1S/C12H15NO2/c1-3-8-7-13(2)11-5-4-9(12(14)15)6-10(8)11/h4-6,8H,3,7H2,1-2H3,(H,14,15). The van der Waals surface area contributed by atoms with Gasteiger partial charge in [-0.2, -0.15) is 0 Å². The smallest absolute Gasteiger partial charge is 0.335 e. The summed E-state index contributed by atoms with van der Waals surface area (Å²) in [7, 11) is 2.05. The second kappa shape index (κ2) is 3.57. The molecule has 1 heterocycles. The summed E-state index contributed by atoms with van der Waals surface area (Å²) in [6.45, 7) is 3.13.